The Hall–Kier alpha value is -0.840. The van der Waals surface area contributed by atoms with E-state index in [9.17, 15) is 0 Å². The highest BCUT2D eigenvalue weighted by molar-refractivity contribution is 5.19. The fraction of sp³-hybridized carbons (Fsp3) is 0.733. The van der Waals surface area contributed by atoms with E-state index in [0.29, 0.717) is 5.92 Å². The number of nitrogens with two attached hydrogens (primary N) is 1. The summed E-state index contributed by atoms with van der Waals surface area (Å²) in [5.74, 6) is 7.29. The van der Waals surface area contributed by atoms with Crippen molar-refractivity contribution in [3.05, 3.63) is 23.7 Å². The molecule has 0 aromatic carbocycles. The summed E-state index contributed by atoms with van der Waals surface area (Å²) >= 11 is 0. The molecule has 0 amide bonds. The van der Waals surface area contributed by atoms with Gasteiger partial charge in [-0.3, -0.25) is 5.84 Å². The zero-order chi connectivity index (χ0) is 13.3. The number of ether oxygens (including phenoxy) is 1. The first-order valence-corrected chi connectivity index (χ1v) is 7.38. The van der Waals surface area contributed by atoms with Crippen molar-refractivity contribution in [2.45, 2.75) is 57.1 Å². The van der Waals surface area contributed by atoms with Gasteiger partial charge in [0.1, 0.15) is 5.76 Å². The molecule has 4 nitrogen and oxygen atoms in total. The van der Waals surface area contributed by atoms with E-state index in [2.05, 4.69) is 12.3 Å². The van der Waals surface area contributed by atoms with Crippen LogP contribution >= 0.6 is 0 Å². The molecule has 19 heavy (non-hydrogen) atoms. The molecule has 1 aliphatic carbocycles. The van der Waals surface area contributed by atoms with Gasteiger partial charge in [0.05, 0.1) is 17.9 Å². The van der Waals surface area contributed by atoms with Crippen molar-refractivity contribution in [1.29, 1.82) is 0 Å². The van der Waals surface area contributed by atoms with Crippen LogP contribution in [0.3, 0.4) is 0 Å². The molecule has 1 aromatic rings. The Labute approximate surface area is 114 Å². The van der Waals surface area contributed by atoms with E-state index in [1.165, 1.54) is 31.2 Å². The maximum absolute atomic E-state index is 6.10. The SMILES string of the molecule is Cc1ccoc1C(NN)C1CCOC2(CCCC2)C1. The Kier molecular flexibility index (Phi) is 3.65. The monoisotopic (exact) mass is 264 g/mol. The lowest BCUT2D eigenvalue weighted by atomic mass is 9.79. The number of nitrogens with one attached hydrogen (secondary N) is 1. The molecule has 1 spiro atoms. The first-order chi connectivity index (χ1) is 9.24. The Morgan fingerprint density at radius 3 is 2.84 bits per heavy atom. The van der Waals surface area contributed by atoms with Crippen LogP contribution in [0.25, 0.3) is 0 Å². The number of hydrogen-bond donors (Lipinski definition) is 2. The maximum Gasteiger partial charge on any atom is 0.125 e. The number of furan rings is 1. The minimum Gasteiger partial charge on any atom is -0.467 e. The summed E-state index contributed by atoms with van der Waals surface area (Å²) in [6, 6.07) is 2.11. The topological polar surface area (TPSA) is 60.4 Å². The van der Waals surface area contributed by atoms with Crippen LogP contribution in [0.1, 0.15) is 55.9 Å². The minimum atomic E-state index is 0.108. The van der Waals surface area contributed by atoms with Crippen molar-refractivity contribution in [2.75, 3.05) is 6.61 Å². The smallest absolute Gasteiger partial charge is 0.125 e. The van der Waals surface area contributed by atoms with Crippen molar-refractivity contribution in [3.63, 3.8) is 0 Å². The van der Waals surface area contributed by atoms with Crippen LogP contribution in [0.4, 0.5) is 0 Å². The molecule has 1 aliphatic heterocycles. The zero-order valence-corrected chi connectivity index (χ0v) is 11.7. The van der Waals surface area contributed by atoms with Gasteiger partial charge >= 0.3 is 0 Å². The van der Waals surface area contributed by atoms with Crippen molar-refractivity contribution < 1.29 is 9.15 Å². The van der Waals surface area contributed by atoms with Gasteiger partial charge < -0.3 is 9.15 Å². The Morgan fingerprint density at radius 2 is 2.21 bits per heavy atom. The van der Waals surface area contributed by atoms with Gasteiger partial charge in [0.2, 0.25) is 0 Å². The predicted octanol–water partition coefficient (Wildman–Crippen LogP) is 2.83. The highest BCUT2D eigenvalue weighted by Crippen LogP contribution is 2.45. The molecule has 106 valence electrons. The molecule has 2 aliphatic rings. The quantitative estimate of drug-likeness (QED) is 0.651. The highest BCUT2D eigenvalue weighted by atomic mass is 16.5. The first kappa shape index (κ1) is 13.2. The summed E-state index contributed by atoms with van der Waals surface area (Å²) < 4.78 is 11.7. The molecule has 3 rings (SSSR count). The van der Waals surface area contributed by atoms with Crippen LogP contribution < -0.4 is 11.3 Å². The third kappa shape index (κ3) is 2.45. The summed E-state index contributed by atoms with van der Waals surface area (Å²) in [6.45, 7) is 2.93. The minimum absolute atomic E-state index is 0.108. The number of hydrazine groups is 1. The fourth-order valence-corrected chi connectivity index (χ4v) is 3.85. The Balaban J connectivity index is 1.78. The molecule has 2 fully saturated rings. The van der Waals surface area contributed by atoms with E-state index in [1.807, 2.05) is 6.07 Å². The van der Waals surface area contributed by atoms with Crippen LogP contribution in [0, 0.1) is 12.8 Å². The summed E-state index contributed by atoms with van der Waals surface area (Å²) in [6.07, 6.45) is 8.91. The lowest BCUT2D eigenvalue weighted by Crippen LogP contribution is -2.43. The molecular weight excluding hydrogens is 240 g/mol. The summed E-state index contributed by atoms with van der Waals surface area (Å²) in [5, 5.41) is 0. The average Bonchev–Trinajstić information content (AvgIpc) is 3.02. The highest BCUT2D eigenvalue weighted by Gasteiger charge is 2.42. The van der Waals surface area contributed by atoms with Crippen molar-refractivity contribution in [1.82, 2.24) is 5.43 Å². The van der Waals surface area contributed by atoms with Crippen molar-refractivity contribution in [3.8, 4) is 0 Å². The normalized spacial score (nSPS) is 27.8. The molecule has 2 unspecified atom stereocenters. The second kappa shape index (κ2) is 5.27. The van der Waals surface area contributed by atoms with Gasteiger partial charge in [-0.2, -0.15) is 0 Å². The van der Waals surface area contributed by atoms with Crippen molar-refractivity contribution in [2.24, 2.45) is 11.8 Å². The van der Waals surface area contributed by atoms with Gasteiger partial charge in [0, 0.05) is 6.61 Å². The van der Waals surface area contributed by atoms with E-state index in [0.717, 1.165) is 25.2 Å². The molecular formula is C15H24N2O2. The summed E-state index contributed by atoms with van der Waals surface area (Å²) in [4.78, 5) is 0. The largest absolute Gasteiger partial charge is 0.467 e. The van der Waals surface area contributed by atoms with E-state index in [-0.39, 0.29) is 11.6 Å². The van der Waals surface area contributed by atoms with Crippen LogP contribution in [0.2, 0.25) is 0 Å². The standard InChI is InChI=1S/C15H24N2O2/c1-11-4-8-18-14(11)13(17-16)12-5-9-19-15(10-12)6-2-3-7-15/h4,8,12-13,17H,2-3,5-7,9-10,16H2,1H3. The van der Waals surface area contributed by atoms with Gasteiger partial charge in [0.25, 0.3) is 0 Å². The van der Waals surface area contributed by atoms with Crippen LogP contribution in [-0.4, -0.2) is 12.2 Å². The maximum atomic E-state index is 6.10. The summed E-state index contributed by atoms with van der Waals surface area (Å²) in [7, 11) is 0. The predicted molar refractivity (Wildman–Crippen MR) is 73.4 cm³/mol. The van der Waals surface area contributed by atoms with Gasteiger partial charge in [-0.1, -0.05) is 12.8 Å². The molecule has 2 heterocycles. The molecule has 0 bridgehead atoms. The number of rotatable bonds is 3. The van der Waals surface area contributed by atoms with Crippen molar-refractivity contribution >= 4 is 0 Å². The zero-order valence-electron chi connectivity index (χ0n) is 11.7. The van der Waals surface area contributed by atoms with Crippen LogP contribution in [0.5, 0.6) is 0 Å². The second-order valence-corrected chi connectivity index (χ2v) is 6.10. The number of hydrogen-bond acceptors (Lipinski definition) is 4. The van der Waals surface area contributed by atoms with Crippen LogP contribution in [0.15, 0.2) is 16.7 Å². The van der Waals surface area contributed by atoms with Gasteiger partial charge in [-0.25, -0.2) is 5.43 Å². The van der Waals surface area contributed by atoms with E-state index in [1.54, 1.807) is 6.26 Å². The number of aryl methyl sites for hydroxylation is 1. The first-order valence-electron chi connectivity index (χ1n) is 7.38. The molecule has 3 N–H and O–H groups in total. The third-order valence-corrected chi connectivity index (χ3v) is 4.88. The summed E-state index contributed by atoms with van der Waals surface area (Å²) in [5.41, 5.74) is 4.27. The third-order valence-electron chi connectivity index (χ3n) is 4.88. The molecule has 4 heteroatoms. The van der Waals surface area contributed by atoms with Gasteiger partial charge in [-0.15, -0.1) is 0 Å². The van der Waals surface area contributed by atoms with Crippen LogP contribution in [-0.2, 0) is 4.74 Å². The van der Waals surface area contributed by atoms with Gasteiger partial charge in [-0.05, 0) is 50.2 Å². The molecule has 0 radical (unpaired) electrons. The molecule has 2 atom stereocenters. The molecule has 1 saturated carbocycles. The lowest BCUT2D eigenvalue weighted by Gasteiger charge is -2.40. The molecule has 1 aromatic heterocycles. The molecule has 1 saturated heterocycles. The van der Waals surface area contributed by atoms with E-state index < -0.39 is 0 Å². The fourth-order valence-electron chi connectivity index (χ4n) is 3.85. The Bertz CT molecular complexity index is 424. The average molecular weight is 264 g/mol. The van der Waals surface area contributed by atoms with Gasteiger partial charge in [0.15, 0.2) is 0 Å². The van der Waals surface area contributed by atoms with E-state index >= 15 is 0 Å². The Morgan fingerprint density at radius 1 is 1.42 bits per heavy atom. The lowest BCUT2D eigenvalue weighted by molar-refractivity contribution is -0.0991. The van der Waals surface area contributed by atoms with E-state index in [4.69, 9.17) is 15.0 Å². The second-order valence-electron chi connectivity index (χ2n) is 6.10.